The molecule has 0 amide bonds. The van der Waals surface area contributed by atoms with Crippen LogP contribution in [0, 0.1) is 0 Å². The monoisotopic (exact) mass is 252 g/mol. The molecule has 0 radical (unpaired) electrons. The van der Waals surface area contributed by atoms with Gasteiger partial charge >= 0.3 is 0 Å². The molecule has 0 spiro atoms. The predicted octanol–water partition coefficient (Wildman–Crippen LogP) is 3.08. The highest BCUT2D eigenvalue weighted by atomic mass is 35.5. The maximum Gasteiger partial charge on any atom is 0.0453 e. The zero-order valence-corrected chi connectivity index (χ0v) is 11.4. The van der Waals surface area contributed by atoms with Crippen LogP contribution in [0.5, 0.6) is 0 Å². The molecule has 1 aromatic carbocycles. The van der Waals surface area contributed by atoms with E-state index in [2.05, 4.69) is 36.3 Å². The van der Waals surface area contributed by atoms with Gasteiger partial charge in [-0.05, 0) is 51.5 Å². The first-order valence-electron chi connectivity index (χ1n) is 6.37. The van der Waals surface area contributed by atoms with Gasteiger partial charge in [0.05, 0.1) is 0 Å². The molecular weight excluding hydrogens is 232 g/mol. The van der Waals surface area contributed by atoms with E-state index in [0.717, 1.165) is 18.1 Å². The fourth-order valence-corrected chi connectivity index (χ4v) is 2.86. The predicted molar refractivity (Wildman–Crippen MR) is 73.5 cm³/mol. The molecule has 94 valence electrons. The summed E-state index contributed by atoms with van der Waals surface area (Å²) in [5.74, 6) is 0. The third-order valence-electron chi connectivity index (χ3n) is 3.85. The second kappa shape index (κ2) is 5.85. The van der Waals surface area contributed by atoms with Crippen LogP contribution < -0.4 is 5.32 Å². The number of nitrogens with zero attached hydrogens (tertiary/aromatic N) is 1. The van der Waals surface area contributed by atoms with Crippen molar-refractivity contribution in [1.82, 2.24) is 10.2 Å². The van der Waals surface area contributed by atoms with Crippen molar-refractivity contribution in [2.24, 2.45) is 0 Å². The summed E-state index contributed by atoms with van der Waals surface area (Å²) >= 11 is 6.26. The van der Waals surface area contributed by atoms with E-state index in [0.29, 0.717) is 12.1 Å². The lowest BCUT2D eigenvalue weighted by molar-refractivity contribution is 0.152. The van der Waals surface area contributed by atoms with E-state index in [1.165, 1.54) is 18.4 Å². The van der Waals surface area contributed by atoms with Crippen molar-refractivity contribution < 1.29 is 0 Å². The summed E-state index contributed by atoms with van der Waals surface area (Å²) in [6, 6.07) is 9.21. The average Bonchev–Trinajstić information content (AvgIpc) is 2.39. The van der Waals surface area contributed by atoms with Crippen molar-refractivity contribution in [3.63, 3.8) is 0 Å². The maximum atomic E-state index is 6.26. The summed E-state index contributed by atoms with van der Waals surface area (Å²) in [5, 5.41) is 4.28. The molecule has 1 aromatic rings. The summed E-state index contributed by atoms with van der Waals surface area (Å²) in [4.78, 5) is 2.46. The van der Waals surface area contributed by atoms with Crippen LogP contribution in [0.2, 0.25) is 5.02 Å². The summed E-state index contributed by atoms with van der Waals surface area (Å²) in [6.45, 7) is 4.50. The minimum absolute atomic E-state index is 0.381. The molecule has 3 heteroatoms. The standard InChI is InChI=1S/C14H21ClN2/c1-11(13-5-3-4-6-14(13)15)17(2)12-7-9-16-10-8-12/h3-6,11-12,16H,7-10H2,1-2H3. The molecule has 1 aliphatic heterocycles. The zero-order valence-electron chi connectivity index (χ0n) is 10.6. The lowest BCUT2D eigenvalue weighted by Crippen LogP contribution is -2.42. The quantitative estimate of drug-likeness (QED) is 0.890. The molecule has 1 fully saturated rings. The Labute approximate surface area is 109 Å². The molecule has 1 heterocycles. The highest BCUT2D eigenvalue weighted by Crippen LogP contribution is 2.29. The van der Waals surface area contributed by atoms with Gasteiger partial charge in [-0.3, -0.25) is 4.90 Å². The van der Waals surface area contributed by atoms with Crippen LogP contribution in [-0.4, -0.2) is 31.1 Å². The first-order chi connectivity index (χ1) is 8.20. The maximum absolute atomic E-state index is 6.26. The normalized spacial score (nSPS) is 19.5. The average molecular weight is 253 g/mol. The number of nitrogens with one attached hydrogen (secondary N) is 1. The van der Waals surface area contributed by atoms with E-state index in [1.807, 2.05) is 12.1 Å². The van der Waals surface area contributed by atoms with Gasteiger partial charge < -0.3 is 5.32 Å². The molecule has 1 N–H and O–H groups in total. The Hall–Kier alpha value is -0.570. The van der Waals surface area contributed by atoms with Gasteiger partial charge in [0.1, 0.15) is 0 Å². The molecule has 2 nitrogen and oxygen atoms in total. The molecule has 0 aliphatic carbocycles. The number of hydrogen-bond acceptors (Lipinski definition) is 2. The van der Waals surface area contributed by atoms with Gasteiger partial charge in [0.25, 0.3) is 0 Å². The van der Waals surface area contributed by atoms with Crippen molar-refractivity contribution >= 4 is 11.6 Å². The fourth-order valence-electron chi connectivity index (χ4n) is 2.56. The van der Waals surface area contributed by atoms with Crippen molar-refractivity contribution in [2.75, 3.05) is 20.1 Å². The highest BCUT2D eigenvalue weighted by molar-refractivity contribution is 6.31. The van der Waals surface area contributed by atoms with Gasteiger partial charge in [0, 0.05) is 17.1 Å². The molecule has 0 bridgehead atoms. The number of hydrogen-bond donors (Lipinski definition) is 1. The van der Waals surface area contributed by atoms with Gasteiger partial charge in [-0.1, -0.05) is 29.8 Å². The molecule has 2 rings (SSSR count). The Bertz CT molecular complexity index is 361. The Balaban J connectivity index is 2.08. The van der Waals surface area contributed by atoms with Gasteiger partial charge in [-0.25, -0.2) is 0 Å². The molecule has 0 saturated carbocycles. The Morgan fingerprint density at radius 2 is 1.94 bits per heavy atom. The number of piperidine rings is 1. The smallest absolute Gasteiger partial charge is 0.0453 e. The lowest BCUT2D eigenvalue weighted by atomic mass is 10.0. The number of benzene rings is 1. The SMILES string of the molecule is CC(c1ccccc1Cl)N(C)C1CCNCC1. The molecule has 17 heavy (non-hydrogen) atoms. The van der Waals surface area contributed by atoms with E-state index >= 15 is 0 Å². The van der Waals surface area contributed by atoms with Crippen LogP contribution in [0.25, 0.3) is 0 Å². The van der Waals surface area contributed by atoms with Crippen LogP contribution in [0.1, 0.15) is 31.4 Å². The van der Waals surface area contributed by atoms with Crippen LogP contribution in [0.15, 0.2) is 24.3 Å². The fraction of sp³-hybridized carbons (Fsp3) is 0.571. The number of halogens is 1. The van der Waals surface area contributed by atoms with E-state index in [1.54, 1.807) is 0 Å². The van der Waals surface area contributed by atoms with Crippen LogP contribution >= 0.6 is 11.6 Å². The zero-order chi connectivity index (χ0) is 12.3. The molecule has 1 atom stereocenters. The molecule has 0 aromatic heterocycles. The summed E-state index contributed by atoms with van der Waals surface area (Å²) < 4.78 is 0. The van der Waals surface area contributed by atoms with Crippen molar-refractivity contribution in [3.05, 3.63) is 34.9 Å². The van der Waals surface area contributed by atoms with Gasteiger partial charge in [0.15, 0.2) is 0 Å². The topological polar surface area (TPSA) is 15.3 Å². The Morgan fingerprint density at radius 3 is 2.59 bits per heavy atom. The molecule has 1 saturated heterocycles. The van der Waals surface area contributed by atoms with Crippen molar-refractivity contribution in [2.45, 2.75) is 31.8 Å². The summed E-state index contributed by atoms with van der Waals surface area (Å²) in [5.41, 5.74) is 1.23. The minimum Gasteiger partial charge on any atom is -0.317 e. The van der Waals surface area contributed by atoms with Gasteiger partial charge in [0.2, 0.25) is 0 Å². The second-order valence-corrected chi connectivity index (χ2v) is 5.25. The van der Waals surface area contributed by atoms with Gasteiger partial charge in [-0.15, -0.1) is 0 Å². The van der Waals surface area contributed by atoms with Gasteiger partial charge in [-0.2, -0.15) is 0 Å². The lowest BCUT2D eigenvalue weighted by Gasteiger charge is -2.36. The van der Waals surface area contributed by atoms with Crippen molar-refractivity contribution in [1.29, 1.82) is 0 Å². The first-order valence-corrected chi connectivity index (χ1v) is 6.75. The Morgan fingerprint density at radius 1 is 1.29 bits per heavy atom. The minimum atomic E-state index is 0.381. The third kappa shape index (κ3) is 3.01. The number of rotatable bonds is 3. The van der Waals surface area contributed by atoms with E-state index in [-0.39, 0.29) is 0 Å². The summed E-state index contributed by atoms with van der Waals surface area (Å²) in [6.07, 6.45) is 2.45. The third-order valence-corrected chi connectivity index (χ3v) is 4.20. The Kier molecular flexibility index (Phi) is 4.43. The van der Waals surface area contributed by atoms with Crippen molar-refractivity contribution in [3.8, 4) is 0 Å². The van der Waals surface area contributed by atoms with E-state index < -0.39 is 0 Å². The van der Waals surface area contributed by atoms with Crippen LogP contribution in [0.3, 0.4) is 0 Å². The highest BCUT2D eigenvalue weighted by Gasteiger charge is 2.23. The molecule has 1 unspecified atom stereocenters. The van der Waals surface area contributed by atoms with E-state index in [4.69, 9.17) is 11.6 Å². The largest absolute Gasteiger partial charge is 0.317 e. The van der Waals surface area contributed by atoms with Crippen LogP contribution in [0.4, 0.5) is 0 Å². The summed E-state index contributed by atoms with van der Waals surface area (Å²) in [7, 11) is 2.21. The molecule has 1 aliphatic rings. The first kappa shape index (κ1) is 12.9. The second-order valence-electron chi connectivity index (χ2n) is 4.84. The molecular formula is C14H21ClN2. The van der Waals surface area contributed by atoms with E-state index in [9.17, 15) is 0 Å². The van der Waals surface area contributed by atoms with Crippen LogP contribution in [-0.2, 0) is 0 Å².